The van der Waals surface area contributed by atoms with Crippen molar-refractivity contribution in [2.24, 2.45) is 0 Å². The van der Waals surface area contributed by atoms with Crippen LogP contribution in [0.15, 0.2) is 53.3 Å². The zero-order chi connectivity index (χ0) is 27.1. The van der Waals surface area contributed by atoms with E-state index in [1.165, 1.54) is 4.70 Å². The molecule has 0 unspecified atom stereocenters. The number of hydrogen-bond acceptors (Lipinski definition) is 9. The van der Waals surface area contributed by atoms with Crippen LogP contribution in [0, 0.1) is 0 Å². The third-order valence-corrected chi connectivity index (χ3v) is 8.88. The lowest BCUT2D eigenvalue weighted by atomic mass is 9.99. The van der Waals surface area contributed by atoms with Gasteiger partial charge >= 0.3 is 0 Å². The number of H-pyrrole nitrogens is 1. The van der Waals surface area contributed by atoms with Crippen LogP contribution in [0.4, 0.5) is 5.13 Å². The van der Waals surface area contributed by atoms with Crippen molar-refractivity contribution in [3.8, 4) is 5.75 Å². The summed E-state index contributed by atoms with van der Waals surface area (Å²) in [5, 5.41) is 14.9. The molecule has 202 valence electrons. The number of nitrogens with zero attached hydrogens (tertiary/aromatic N) is 7. The lowest BCUT2D eigenvalue weighted by Gasteiger charge is -2.39. The predicted molar refractivity (Wildman–Crippen MR) is 154 cm³/mol. The summed E-state index contributed by atoms with van der Waals surface area (Å²) in [6.07, 6.45) is 0.844. The van der Waals surface area contributed by atoms with Crippen LogP contribution in [0.25, 0.3) is 21.1 Å². The Balaban J connectivity index is 1.38. The van der Waals surface area contributed by atoms with E-state index in [0.717, 1.165) is 54.2 Å². The molecule has 0 saturated carbocycles. The molecule has 10 nitrogen and oxygen atoms in total. The van der Waals surface area contributed by atoms with Crippen LogP contribution < -0.4 is 15.2 Å². The number of piperazine rings is 1. The van der Waals surface area contributed by atoms with Gasteiger partial charge in [0.15, 0.2) is 11.0 Å². The van der Waals surface area contributed by atoms with Crippen LogP contribution in [0.3, 0.4) is 0 Å². The first-order valence-electron chi connectivity index (χ1n) is 13.2. The van der Waals surface area contributed by atoms with Crippen molar-refractivity contribution in [3.63, 3.8) is 0 Å². The third-order valence-electron chi connectivity index (χ3n) is 7.79. The van der Waals surface area contributed by atoms with Gasteiger partial charge in [-0.25, -0.2) is 9.67 Å². The summed E-state index contributed by atoms with van der Waals surface area (Å²) < 4.78 is 8.43. The van der Waals surface area contributed by atoms with Crippen molar-refractivity contribution in [1.29, 1.82) is 0 Å². The van der Waals surface area contributed by atoms with E-state index in [4.69, 9.17) is 9.72 Å². The normalized spacial score (nSPS) is 15.7. The van der Waals surface area contributed by atoms with Gasteiger partial charge in [-0.2, -0.15) is 0 Å². The molecule has 1 N–H and O–H groups in total. The SMILES string of the molecule is CCC(C)(C)n1nnnc1[C@@H](c1cc2ccc(OC)cc2[nH]c1=O)N1CCN(c2nc3ccccc3s2)CC1. The Labute approximate surface area is 230 Å². The number of fused-ring (bicyclic) bond motifs is 2. The van der Waals surface area contributed by atoms with Crippen molar-refractivity contribution in [3.05, 3.63) is 70.3 Å². The fourth-order valence-corrected chi connectivity index (χ4v) is 6.16. The number of para-hydroxylation sites is 1. The molecule has 1 atom stereocenters. The number of benzene rings is 2. The minimum atomic E-state index is -0.404. The second kappa shape index (κ2) is 10.0. The summed E-state index contributed by atoms with van der Waals surface area (Å²) in [5.74, 6) is 1.37. The fraction of sp³-hybridized carbons (Fsp3) is 0.393. The van der Waals surface area contributed by atoms with Gasteiger partial charge in [-0.05, 0) is 66.4 Å². The Hall–Kier alpha value is -3.83. The number of aromatic amines is 1. The number of aromatic nitrogens is 6. The molecule has 0 spiro atoms. The molecule has 0 radical (unpaired) electrons. The van der Waals surface area contributed by atoms with E-state index in [1.807, 2.05) is 41.1 Å². The molecule has 2 aromatic carbocycles. The number of rotatable bonds is 7. The maximum absolute atomic E-state index is 13.6. The molecule has 5 aromatic rings. The first kappa shape index (κ1) is 25.4. The van der Waals surface area contributed by atoms with E-state index >= 15 is 0 Å². The van der Waals surface area contributed by atoms with Crippen LogP contribution in [-0.2, 0) is 5.54 Å². The highest BCUT2D eigenvalue weighted by molar-refractivity contribution is 7.22. The van der Waals surface area contributed by atoms with Crippen LogP contribution in [0.1, 0.15) is 44.6 Å². The van der Waals surface area contributed by atoms with Gasteiger partial charge in [0.2, 0.25) is 0 Å². The summed E-state index contributed by atoms with van der Waals surface area (Å²) in [6, 6.07) is 15.5. The van der Waals surface area contributed by atoms with Crippen molar-refractivity contribution in [2.45, 2.75) is 38.8 Å². The van der Waals surface area contributed by atoms with Gasteiger partial charge in [-0.15, -0.1) is 5.10 Å². The Morgan fingerprint density at radius 1 is 1.10 bits per heavy atom. The smallest absolute Gasteiger partial charge is 0.253 e. The van der Waals surface area contributed by atoms with Gasteiger partial charge in [0, 0.05) is 37.8 Å². The number of thiazole rings is 1. The van der Waals surface area contributed by atoms with Crippen LogP contribution >= 0.6 is 11.3 Å². The number of tetrazole rings is 1. The largest absolute Gasteiger partial charge is 0.497 e. The quantitative estimate of drug-likeness (QED) is 0.325. The molecular formula is C28H32N8O2S. The molecule has 4 heterocycles. The van der Waals surface area contributed by atoms with E-state index < -0.39 is 6.04 Å². The molecule has 1 fully saturated rings. The summed E-state index contributed by atoms with van der Waals surface area (Å²) >= 11 is 1.72. The summed E-state index contributed by atoms with van der Waals surface area (Å²) in [4.78, 5) is 26.2. The van der Waals surface area contributed by atoms with Gasteiger partial charge in [0.05, 0.1) is 28.4 Å². The van der Waals surface area contributed by atoms with E-state index in [2.05, 4.69) is 63.2 Å². The number of pyridine rings is 1. The van der Waals surface area contributed by atoms with Crippen LogP contribution in [0.5, 0.6) is 5.75 Å². The average Bonchev–Trinajstić information content (AvgIpc) is 3.62. The molecular weight excluding hydrogens is 512 g/mol. The maximum Gasteiger partial charge on any atom is 0.253 e. The zero-order valence-corrected chi connectivity index (χ0v) is 23.4. The Bertz CT molecular complexity index is 1650. The highest BCUT2D eigenvalue weighted by atomic mass is 32.1. The predicted octanol–water partition coefficient (Wildman–Crippen LogP) is 4.19. The highest BCUT2D eigenvalue weighted by Crippen LogP contribution is 2.34. The van der Waals surface area contributed by atoms with E-state index in [0.29, 0.717) is 17.1 Å². The Morgan fingerprint density at radius 3 is 2.64 bits per heavy atom. The van der Waals surface area contributed by atoms with Gasteiger partial charge in [-0.1, -0.05) is 30.4 Å². The van der Waals surface area contributed by atoms with Crippen molar-refractivity contribution in [2.75, 3.05) is 38.2 Å². The molecule has 0 amide bonds. The lowest BCUT2D eigenvalue weighted by molar-refractivity contribution is 0.186. The van der Waals surface area contributed by atoms with Crippen molar-refractivity contribution < 1.29 is 4.74 Å². The Morgan fingerprint density at radius 2 is 1.90 bits per heavy atom. The van der Waals surface area contributed by atoms with Gasteiger partial charge in [-0.3, -0.25) is 9.69 Å². The highest BCUT2D eigenvalue weighted by Gasteiger charge is 2.36. The fourth-order valence-electron chi connectivity index (χ4n) is 5.14. The standard InChI is InChI=1S/C28H32N8O2S/c1-5-28(2,3)36-25(31-32-33-36)24(20-16-18-10-11-19(38-4)17-22(18)29-26(20)37)34-12-14-35(15-13-34)27-30-21-8-6-7-9-23(21)39-27/h6-11,16-17,24H,5,12-15H2,1-4H3,(H,29,37)/t24-/m1/s1. The second-order valence-electron chi connectivity index (χ2n) is 10.5. The van der Waals surface area contributed by atoms with Crippen LogP contribution in [-0.4, -0.2) is 68.4 Å². The first-order chi connectivity index (χ1) is 18.9. The van der Waals surface area contributed by atoms with E-state index in [1.54, 1.807) is 18.4 Å². The van der Waals surface area contributed by atoms with Crippen molar-refractivity contribution >= 4 is 37.6 Å². The number of ether oxygens (including phenoxy) is 1. The minimum absolute atomic E-state index is 0.154. The van der Waals surface area contributed by atoms with Gasteiger partial charge in [0.25, 0.3) is 5.56 Å². The molecule has 39 heavy (non-hydrogen) atoms. The molecule has 6 rings (SSSR count). The third kappa shape index (κ3) is 4.65. The topological polar surface area (TPSA) is 105 Å². The number of methoxy groups -OCH3 is 1. The number of hydrogen-bond donors (Lipinski definition) is 1. The molecule has 11 heteroatoms. The van der Waals surface area contributed by atoms with Crippen LogP contribution in [0.2, 0.25) is 0 Å². The molecule has 3 aromatic heterocycles. The summed E-state index contributed by atoms with van der Waals surface area (Å²) in [6.45, 7) is 9.40. The second-order valence-corrected chi connectivity index (χ2v) is 11.5. The lowest BCUT2D eigenvalue weighted by Crippen LogP contribution is -2.49. The molecule has 0 aliphatic carbocycles. The van der Waals surface area contributed by atoms with E-state index in [9.17, 15) is 4.79 Å². The zero-order valence-electron chi connectivity index (χ0n) is 22.6. The number of nitrogens with one attached hydrogen (secondary N) is 1. The summed E-state index contributed by atoms with van der Waals surface area (Å²) in [5.41, 5.74) is 1.92. The van der Waals surface area contributed by atoms with Crippen molar-refractivity contribution in [1.82, 2.24) is 35.1 Å². The average molecular weight is 545 g/mol. The Kier molecular flexibility index (Phi) is 6.56. The summed E-state index contributed by atoms with van der Waals surface area (Å²) in [7, 11) is 1.62. The monoisotopic (exact) mass is 544 g/mol. The van der Waals surface area contributed by atoms with E-state index in [-0.39, 0.29) is 11.1 Å². The minimum Gasteiger partial charge on any atom is -0.497 e. The number of anilines is 1. The molecule has 0 bridgehead atoms. The molecule has 1 saturated heterocycles. The molecule has 1 aliphatic rings. The first-order valence-corrected chi connectivity index (χ1v) is 14.0. The van der Waals surface area contributed by atoms with Gasteiger partial charge < -0.3 is 14.6 Å². The maximum atomic E-state index is 13.6. The van der Waals surface area contributed by atoms with Gasteiger partial charge in [0.1, 0.15) is 11.8 Å². The molecule has 1 aliphatic heterocycles.